The van der Waals surface area contributed by atoms with Gasteiger partial charge < -0.3 is 26.9 Å². The van der Waals surface area contributed by atoms with E-state index >= 15 is 0 Å². The summed E-state index contributed by atoms with van der Waals surface area (Å²) in [7, 11) is 0. The van der Waals surface area contributed by atoms with E-state index < -0.39 is 5.91 Å². The first-order valence-corrected chi connectivity index (χ1v) is 9.16. The quantitative estimate of drug-likeness (QED) is 0.217. The molecule has 1 fully saturated rings. The lowest BCUT2D eigenvalue weighted by Gasteiger charge is -2.29. The van der Waals surface area contributed by atoms with Crippen molar-refractivity contribution in [2.75, 3.05) is 37.6 Å². The van der Waals surface area contributed by atoms with Gasteiger partial charge in [0.05, 0.1) is 0 Å². The van der Waals surface area contributed by atoms with E-state index in [1.807, 2.05) is 0 Å². The largest absolute Gasteiger partial charge is 0.382 e. The monoisotopic (exact) mass is 396 g/mol. The smallest absolute Gasteiger partial charge is 0.280 e. The molecule has 1 aromatic heterocycles. The Labute approximate surface area is 162 Å². The molecule has 1 aliphatic heterocycles. The number of hydrogen-bond acceptors (Lipinski definition) is 8. The summed E-state index contributed by atoms with van der Waals surface area (Å²) in [6, 6.07) is 0. The Morgan fingerprint density at radius 1 is 1.26 bits per heavy atom. The van der Waals surface area contributed by atoms with Crippen LogP contribution in [-0.4, -0.2) is 59.2 Å². The molecule has 11 heteroatoms. The first kappa shape index (κ1) is 20.8. The molecule has 1 aliphatic rings. The molecule has 27 heavy (non-hydrogen) atoms. The van der Waals surface area contributed by atoms with Gasteiger partial charge in [-0.15, -0.1) is 0 Å². The predicted molar refractivity (Wildman–Crippen MR) is 104 cm³/mol. The Bertz CT molecular complexity index is 704. The molecule has 0 aromatic carbocycles. The van der Waals surface area contributed by atoms with Gasteiger partial charge in [0.15, 0.2) is 28.4 Å². The summed E-state index contributed by atoms with van der Waals surface area (Å²) in [4.78, 5) is 36.9. The van der Waals surface area contributed by atoms with Crippen LogP contribution in [0.2, 0.25) is 5.15 Å². The number of nitrogens with two attached hydrogens (primary N) is 3. The van der Waals surface area contributed by atoms with Crippen molar-refractivity contribution in [2.24, 2.45) is 16.6 Å². The van der Waals surface area contributed by atoms with Gasteiger partial charge >= 0.3 is 0 Å². The first-order valence-electron chi connectivity index (χ1n) is 8.78. The Balaban J connectivity index is 1.71. The van der Waals surface area contributed by atoms with Crippen LogP contribution in [0.1, 0.15) is 36.2 Å². The van der Waals surface area contributed by atoms with Gasteiger partial charge in [0.2, 0.25) is 0 Å². The minimum atomic E-state index is -0.652. The molecule has 0 radical (unpaired) electrons. The number of likely N-dealkylation sites (tertiary alicyclic amines) is 1. The van der Waals surface area contributed by atoms with Gasteiger partial charge in [0.1, 0.15) is 6.29 Å². The molecule has 148 valence electrons. The van der Waals surface area contributed by atoms with Gasteiger partial charge in [-0.05, 0) is 45.3 Å². The standard InChI is InChI=1S/C16H25ClN8O2/c17-12-14(19)23-13(18)11(22-12)15(27)24-16(20)21-5-1-2-6-25-7-3-10(9-26)4-8-25/h9-10H,1-8H2,(H4,18,19,23)(H3,20,21,24,27). The molecule has 0 unspecified atom stereocenters. The lowest BCUT2D eigenvalue weighted by molar-refractivity contribution is -0.112. The molecule has 0 atom stereocenters. The van der Waals surface area contributed by atoms with E-state index in [2.05, 4.69) is 25.2 Å². The van der Waals surface area contributed by atoms with Crippen molar-refractivity contribution in [3.05, 3.63) is 10.8 Å². The van der Waals surface area contributed by atoms with E-state index in [0.29, 0.717) is 6.54 Å². The molecule has 2 heterocycles. The van der Waals surface area contributed by atoms with Gasteiger partial charge in [-0.1, -0.05) is 11.6 Å². The maximum Gasteiger partial charge on any atom is 0.280 e. The minimum absolute atomic E-state index is 0.0269. The number of halogens is 1. The number of carbonyl (C=O) groups excluding carboxylic acids is 2. The van der Waals surface area contributed by atoms with Crippen LogP contribution in [0.25, 0.3) is 0 Å². The molecule has 0 saturated carbocycles. The number of anilines is 2. The normalized spacial score (nSPS) is 16.3. The zero-order valence-corrected chi connectivity index (χ0v) is 15.8. The summed E-state index contributed by atoms with van der Waals surface area (Å²) >= 11 is 5.75. The Morgan fingerprint density at radius 2 is 1.96 bits per heavy atom. The molecule has 0 aliphatic carbocycles. The summed E-state index contributed by atoms with van der Waals surface area (Å²) in [5.41, 5.74) is 16.6. The summed E-state index contributed by atoms with van der Waals surface area (Å²) in [6.07, 6.45) is 4.71. The zero-order valence-electron chi connectivity index (χ0n) is 15.0. The van der Waals surface area contributed by atoms with E-state index in [0.717, 1.165) is 51.6 Å². The zero-order chi connectivity index (χ0) is 19.8. The highest BCUT2D eigenvalue weighted by Crippen LogP contribution is 2.17. The maximum absolute atomic E-state index is 12.1. The van der Waals surface area contributed by atoms with Crippen LogP contribution >= 0.6 is 11.6 Å². The third-order valence-electron chi connectivity index (χ3n) is 4.35. The minimum Gasteiger partial charge on any atom is -0.382 e. The Kier molecular flexibility index (Phi) is 7.74. The molecule has 1 amide bonds. The Hall–Kier alpha value is -2.46. The van der Waals surface area contributed by atoms with Crippen LogP contribution in [0.3, 0.4) is 0 Å². The number of nitrogen functional groups attached to an aromatic ring is 2. The van der Waals surface area contributed by atoms with Crippen LogP contribution in [0.4, 0.5) is 11.6 Å². The molecule has 1 aromatic rings. The van der Waals surface area contributed by atoms with Crippen molar-refractivity contribution in [3.8, 4) is 0 Å². The van der Waals surface area contributed by atoms with Gasteiger partial charge in [-0.25, -0.2) is 9.97 Å². The van der Waals surface area contributed by atoms with Crippen LogP contribution in [0.5, 0.6) is 0 Å². The molecular weight excluding hydrogens is 372 g/mol. The van der Waals surface area contributed by atoms with Crippen molar-refractivity contribution >= 4 is 41.4 Å². The van der Waals surface area contributed by atoms with Crippen LogP contribution in [0.15, 0.2) is 4.99 Å². The summed E-state index contributed by atoms with van der Waals surface area (Å²) in [5, 5.41) is 2.29. The number of aldehydes is 1. The molecule has 10 nitrogen and oxygen atoms in total. The van der Waals surface area contributed by atoms with Crippen molar-refractivity contribution < 1.29 is 9.59 Å². The number of carbonyl (C=O) groups is 2. The fourth-order valence-corrected chi connectivity index (χ4v) is 2.91. The van der Waals surface area contributed by atoms with Crippen molar-refractivity contribution in [1.82, 2.24) is 20.2 Å². The van der Waals surface area contributed by atoms with E-state index in [-0.39, 0.29) is 34.4 Å². The second-order valence-corrected chi connectivity index (χ2v) is 6.73. The predicted octanol–water partition coefficient (Wildman–Crippen LogP) is 0.0300. The maximum atomic E-state index is 12.1. The van der Waals surface area contributed by atoms with Gasteiger partial charge in [0.25, 0.3) is 5.91 Å². The van der Waals surface area contributed by atoms with Gasteiger partial charge in [0, 0.05) is 12.5 Å². The highest BCUT2D eigenvalue weighted by molar-refractivity contribution is 6.31. The number of aliphatic imine (C=N–C) groups is 1. The lowest BCUT2D eigenvalue weighted by Crippen LogP contribution is -2.38. The first-order chi connectivity index (χ1) is 12.9. The van der Waals surface area contributed by atoms with Gasteiger partial charge in [-0.3, -0.25) is 15.1 Å². The van der Waals surface area contributed by atoms with E-state index in [9.17, 15) is 9.59 Å². The molecule has 2 rings (SSSR count). The summed E-state index contributed by atoms with van der Waals surface area (Å²) in [6.45, 7) is 3.36. The molecule has 7 N–H and O–H groups in total. The lowest BCUT2D eigenvalue weighted by atomic mass is 9.98. The van der Waals surface area contributed by atoms with E-state index in [1.165, 1.54) is 0 Å². The molecule has 0 bridgehead atoms. The van der Waals surface area contributed by atoms with E-state index in [4.69, 9.17) is 28.8 Å². The number of amides is 1. The third kappa shape index (κ3) is 6.33. The van der Waals surface area contributed by atoms with Crippen molar-refractivity contribution in [1.29, 1.82) is 0 Å². The highest BCUT2D eigenvalue weighted by atomic mass is 35.5. The number of piperidine rings is 1. The van der Waals surface area contributed by atoms with Crippen LogP contribution in [-0.2, 0) is 4.79 Å². The molecule has 0 spiro atoms. The van der Waals surface area contributed by atoms with Crippen molar-refractivity contribution in [3.63, 3.8) is 0 Å². The number of nitrogens with zero attached hydrogens (tertiary/aromatic N) is 4. The SMILES string of the molecule is NC(=NCCCCN1CCC(C=O)CC1)NC(=O)c1nc(Cl)c(N)nc1N. The molecular formula is C16H25ClN8O2. The van der Waals surface area contributed by atoms with Crippen LogP contribution in [0, 0.1) is 5.92 Å². The average Bonchev–Trinajstić information content (AvgIpc) is 2.64. The van der Waals surface area contributed by atoms with Gasteiger partial charge in [-0.2, -0.15) is 0 Å². The number of guanidine groups is 1. The van der Waals surface area contributed by atoms with Crippen LogP contribution < -0.4 is 22.5 Å². The fraction of sp³-hybridized carbons (Fsp3) is 0.562. The number of nitrogens with one attached hydrogen (secondary N) is 1. The number of hydrogen-bond donors (Lipinski definition) is 4. The van der Waals surface area contributed by atoms with E-state index in [1.54, 1.807) is 0 Å². The molecule has 1 saturated heterocycles. The topological polar surface area (TPSA) is 166 Å². The van der Waals surface area contributed by atoms with Crippen molar-refractivity contribution in [2.45, 2.75) is 25.7 Å². The number of rotatable bonds is 7. The highest BCUT2D eigenvalue weighted by Gasteiger charge is 2.18. The number of aromatic nitrogens is 2. The number of unbranched alkanes of at least 4 members (excludes halogenated alkanes) is 1. The second-order valence-electron chi connectivity index (χ2n) is 6.38. The summed E-state index contributed by atoms with van der Waals surface area (Å²) < 4.78 is 0. The Morgan fingerprint density at radius 3 is 2.63 bits per heavy atom. The summed E-state index contributed by atoms with van der Waals surface area (Å²) in [5.74, 6) is -0.658. The second kappa shape index (κ2) is 10.0. The third-order valence-corrected chi connectivity index (χ3v) is 4.63. The average molecular weight is 397 g/mol. The fourth-order valence-electron chi connectivity index (χ4n) is 2.78.